The number of rotatable bonds is 2. The van der Waals surface area contributed by atoms with E-state index in [0.717, 1.165) is 44.3 Å². The fourth-order valence-electron chi connectivity index (χ4n) is 2.02. The van der Waals surface area contributed by atoms with Crippen LogP contribution in [0.25, 0.3) is 0 Å². The van der Waals surface area contributed by atoms with Crippen molar-refractivity contribution in [1.29, 1.82) is 0 Å². The summed E-state index contributed by atoms with van der Waals surface area (Å²) >= 11 is 0. The zero-order chi connectivity index (χ0) is 11.9. The molecular formula is C15H17NO. The first-order valence-corrected chi connectivity index (χ1v) is 6.10. The second-order valence-corrected chi connectivity index (χ2v) is 4.42. The Labute approximate surface area is 103 Å². The number of carbonyl (C=O) groups is 1. The number of hydrogen-bond donors (Lipinski definition) is 0. The van der Waals surface area contributed by atoms with E-state index in [1.807, 2.05) is 30.3 Å². The van der Waals surface area contributed by atoms with Crippen molar-refractivity contribution in [2.24, 2.45) is 5.92 Å². The molecule has 0 bridgehead atoms. The molecule has 2 rings (SSSR count). The van der Waals surface area contributed by atoms with Gasteiger partial charge in [0, 0.05) is 11.5 Å². The molecule has 0 atom stereocenters. The zero-order valence-electron chi connectivity index (χ0n) is 9.93. The van der Waals surface area contributed by atoms with Crippen molar-refractivity contribution in [3.05, 3.63) is 35.9 Å². The first kappa shape index (κ1) is 11.9. The molecule has 0 aromatic heterocycles. The molecule has 17 heavy (non-hydrogen) atoms. The van der Waals surface area contributed by atoms with Gasteiger partial charge in [-0.05, 0) is 38.1 Å². The second kappa shape index (κ2) is 6.22. The summed E-state index contributed by atoms with van der Waals surface area (Å²) in [5.74, 6) is 6.62. The summed E-state index contributed by atoms with van der Waals surface area (Å²) in [5.41, 5.74) is 1.07. The molecule has 1 saturated heterocycles. The molecule has 0 unspecified atom stereocenters. The monoisotopic (exact) mass is 227 g/mol. The van der Waals surface area contributed by atoms with Crippen LogP contribution in [0.15, 0.2) is 30.3 Å². The van der Waals surface area contributed by atoms with Crippen molar-refractivity contribution in [3.63, 3.8) is 0 Å². The number of aldehydes is 1. The van der Waals surface area contributed by atoms with E-state index in [9.17, 15) is 4.79 Å². The smallest absolute Gasteiger partial charge is 0.123 e. The molecule has 0 saturated carbocycles. The van der Waals surface area contributed by atoms with Crippen molar-refractivity contribution < 1.29 is 4.79 Å². The van der Waals surface area contributed by atoms with Gasteiger partial charge in [0.1, 0.15) is 6.29 Å². The summed E-state index contributed by atoms with van der Waals surface area (Å²) in [4.78, 5) is 12.9. The molecule has 1 aliphatic rings. The van der Waals surface area contributed by atoms with E-state index in [-0.39, 0.29) is 5.92 Å². The maximum absolute atomic E-state index is 10.6. The van der Waals surface area contributed by atoms with Crippen molar-refractivity contribution >= 4 is 6.29 Å². The Morgan fingerprint density at radius 1 is 1.24 bits per heavy atom. The van der Waals surface area contributed by atoms with Gasteiger partial charge >= 0.3 is 0 Å². The molecule has 2 heteroatoms. The van der Waals surface area contributed by atoms with Crippen molar-refractivity contribution in [3.8, 4) is 11.8 Å². The quantitative estimate of drug-likeness (QED) is 0.568. The first-order chi connectivity index (χ1) is 8.38. The number of benzene rings is 1. The van der Waals surface area contributed by atoms with Gasteiger partial charge in [0.15, 0.2) is 0 Å². The lowest BCUT2D eigenvalue weighted by atomic mass is 9.99. The largest absolute Gasteiger partial charge is 0.303 e. The molecule has 0 N–H and O–H groups in total. The summed E-state index contributed by atoms with van der Waals surface area (Å²) < 4.78 is 0. The molecule has 0 amide bonds. The van der Waals surface area contributed by atoms with E-state index in [4.69, 9.17) is 0 Å². The predicted octanol–water partition coefficient (Wildman–Crippen LogP) is 1.95. The van der Waals surface area contributed by atoms with Gasteiger partial charge in [-0.15, -0.1) is 0 Å². The number of carbonyl (C=O) groups excluding carboxylic acids is 1. The molecule has 0 spiro atoms. The Morgan fingerprint density at radius 3 is 2.59 bits per heavy atom. The van der Waals surface area contributed by atoms with Gasteiger partial charge in [0.25, 0.3) is 0 Å². The molecule has 88 valence electrons. The molecule has 0 aliphatic carbocycles. The average Bonchev–Trinajstić information content (AvgIpc) is 2.41. The highest BCUT2D eigenvalue weighted by Gasteiger charge is 2.17. The molecular weight excluding hydrogens is 210 g/mol. The third-order valence-electron chi connectivity index (χ3n) is 3.13. The molecule has 1 aliphatic heterocycles. The number of piperidine rings is 1. The van der Waals surface area contributed by atoms with Crippen LogP contribution in [-0.2, 0) is 4.79 Å². The molecule has 2 nitrogen and oxygen atoms in total. The van der Waals surface area contributed by atoms with E-state index in [1.165, 1.54) is 0 Å². The summed E-state index contributed by atoms with van der Waals surface area (Å²) in [6, 6.07) is 10.0. The fourth-order valence-corrected chi connectivity index (χ4v) is 2.02. The molecule has 1 aromatic rings. The van der Waals surface area contributed by atoms with E-state index < -0.39 is 0 Å². The highest BCUT2D eigenvalue weighted by Crippen LogP contribution is 2.13. The zero-order valence-corrected chi connectivity index (χ0v) is 9.93. The van der Waals surface area contributed by atoms with Gasteiger partial charge in [-0.3, -0.25) is 4.90 Å². The topological polar surface area (TPSA) is 20.3 Å². The normalized spacial score (nSPS) is 17.2. The first-order valence-electron chi connectivity index (χ1n) is 6.10. The molecule has 1 aromatic carbocycles. The van der Waals surface area contributed by atoms with Crippen LogP contribution in [0.1, 0.15) is 18.4 Å². The highest BCUT2D eigenvalue weighted by atomic mass is 16.1. The van der Waals surface area contributed by atoms with Crippen LogP contribution in [0.2, 0.25) is 0 Å². The Bertz CT molecular complexity index is 408. The van der Waals surface area contributed by atoms with Crippen LogP contribution in [0.5, 0.6) is 0 Å². The van der Waals surface area contributed by atoms with Gasteiger partial charge < -0.3 is 4.79 Å². The van der Waals surface area contributed by atoms with Gasteiger partial charge in [0.05, 0.1) is 6.54 Å². The van der Waals surface area contributed by atoms with E-state index in [1.54, 1.807) is 0 Å². The lowest BCUT2D eigenvalue weighted by Crippen LogP contribution is -2.34. The van der Waals surface area contributed by atoms with Gasteiger partial charge in [-0.2, -0.15) is 0 Å². The van der Waals surface area contributed by atoms with Crippen molar-refractivity contribution in [2.45, 2.75) is 12.8 Å². The van der Waals surface area contributed by atoms with E-state index in [2.05, 4.69) is 16.7 Å². The summed E-state index contributed by atoms with van der Waals surface area (Å²) in [6.45, 7) is 2.79. The van der Waals surface area contributed by atoms with E-state index in [0.29, 0.717) is 0 Å². The lowest BCUT2D eigenvalue weighted by molar-refractivity contribution is -0.112. The summed E-state index contributed by atoms with van der Waals surface area (Å²) in [7, 11) is 0. The van der Waals surface area contributed by atoms with Crippen LogP contribution in [0.3, 0.4) is 0 Å². The Morgan fingerprint density at radius 2 is 1.94 bits per heavy atom. The van der Waals surface area contributed by atoms with E-state index >= 15 is 0 Å². The summed E-state index contributed by atoms with van der Waals surface area (Å²) in [6.07, 6.45) is 3.06. The lowest BCUT2D eigenvalue weighted by Gasteiger charge is -2.27. The minimum atomic E-state index is 0.272. The summed E-state index contributed by atoms with van der Waals surface area (Å²) in [5, 5.41) is 0. The molecule has 1 heterocycles. The second-order valence-electron chi connectivity index (χ2n) is 4.42. The van der Waals surface area contributed by atoms with Crippen LogP contribution >= 0.6 is 0 Å². The van der Waals surface area contributed by atoms with Gasteiger partial charge in [-0.25, -0.2) is 0 Å². The maximum Gasteiger partial charge on any atom is 0.123 e. The highest BCUT2D eigenvalue weighted by molar-refractivity contribution is 5.53. The third kappa shape index (κ3) is 3.72. The fraction of sp³-hybridized carbons (Fsp3) is 0.400. The number of hydrogen-bond acceptors (Lipinski definition) is 2. The Balaban J connectivity index is 1.80. The standard InChI is InChI=1S/C15H17NO/c17-13-15-8-11-16(12-9-15)10-4-7-14-5-2-1-3-6-14/h1-3,5-6,13,15H,8-12H2. The van der Waals surface area contributed by atoms with Crippen LogP contribution < -0.4 is 0 Å². The third-order valence-corrected chi connectivity index (χ3v) is 3.13. The minimum Gasteiger partial charge on any atom is -0.303 e. The van der Waals surface area contributed by atoms with Crippen molar-refractivity contribution in [2.75, 3.05) is 19.6 Å². The predicted molar refractivity (Wildman–Crippen MR) is 68.5 cm³/mol. The average molecular weight is 227 g/mol. The molecule has 1 fully saturated rings. The van der Waals surface area contributed by atoms with Gasteiger partial charge in [-0.1, -0.05) is 30.0 Å². The number of nitrogens with zero attached hydrogens (tertiary/aromatic N) is 1. The minimum absolute atomic E-state index is 0.272. The van der Waals surface area contributed by atoms with Crippen LogP contribution in [0, 0.1) is 17.8 Å². The van der Waals surface area contributed by atoms with Crippen molar-refractivity contribution in [1.82, 2.24) is 4.90 Å². The Hall–Kier alpha value is -1.59. The van der Waals surface area contributed by atoms with Crippen LogP contribution in [-0.4, -0.2) is 30.8 Å². The maximum atomic E-state index is 10.6. The Kier molecular flexibility index (Phi) is 4.35. The van der Waals surface area contributed by atoms with Crippen LogP contribution in [0.4, 0.5) is 0 Å². The van der Waals surface area contributed by atoms with Gasteiger partial charge in [0.2, 0.25) is 0 Å². The number of likely N-dealkylation sites (tertiary alicyclic amines) is 1. The SMILES string of the molecule is O=CC1CCN(CC#Cc2ccccc2)CC1. The molecule has 0 radical (unpaired) electrons.